The maximum absolute atomic E-state index is 13.1. The minimum Gasteiger partial charge on any atom is -0.361 e. The van der Waals surface area contributed by atoms with Crippen LogP contribution in [0.25, 0.3) is 0 Å². The molecule has 28 heavy (non-hydrogen) atoms. The van der Waals surface area contributed by atoms with Gasteiger partial charge in [0.1, 0.15) is 12.7 Å². The first-order valence-electron chi connectivity index (χ1n) is 8.70. The number of amides is 1. The average molecular weight is 386 g/mol. The number of nitrogens with one attached hydrogen (secondary N) is 1. The van der Waals surface area contributed by atoms with E-state index in [1.807, 2.05) is 30.3 Å². The summed E-state index contributed by atoms with van der Waals surface area (Å²) in [5, 5.41) is 7.30. The summed E-state index contributed by atoms with van der Waals surface area (Å²) in [7, 11) is 0. The number of para-hydroxylation sites is 1. The quantitative estimate of drug-likeness (QED) is 0.736. The molecular formula is C20H17F3N4O. The predicted octanol–water partition coefficient (Wildman–Crippen LogP) is 4.06. The Morgan fingerprint density at radius 3 is 2.50 bits per heavy atom. The van der Waals surface area contributed by atoms with Crippen molar-refractivity contribution in [2.24, 2.45) is 0 Å². The Hall–Kier alpha value is -3.29. The van der Waals surface area contributed by atoms with Crippen LogP contribution in [0.4, 0.5) is 18.9 Å². The summed E-state index contributed by atoms with van der Waals surface area (Å²) >= 11 is 0. The molecule has 1 aliphatic rings. The van der Waals surface area contributed by atoms with Gasteiger partial charge in [0.05, 0.1) is 18.3 Å². The lowest BCUT2D eigenvalue weighted by Crippen LogP contribution is -2.47. The van der Waals surface area contributed by atoms with Crippen molar-refractivity contribution in [3.63, 3.8) is 0 Å². The van der Waals surface area contributed by atoms with E-state index in [4.69, 9.17) is 0 Å². The van der Waals surface area contributed by atoms with E-state index in [1.165, 1.54) is 12.3 Å². The lowest BCUT2D eigenvalue weighted by atomic mass is 10.1. The lowest BCUT2D eigenvalue weighted by Gasteiger charge is -2.37. The highest BCUT2D eigenvalue weighted by molar-refractivity contribution is 6.01. The maximum atomic E-state index is 13.1. The van der Waals surface area contributed by atoms with Gasteiger partial charge in [-0.2, -0.15) is 18.3 Å². The molecule has 2 aromatic carbocycles. The van der Waals surface area contributed by atoms with Crippen molar-refractivity contribution >= 4 is 11.6 Å². The van der Waals surface area contributed by atoms with Gasteiger partial charge in [0.2, 0.25) is 0 Å². The molecule has 1 amide bonds. The summed E-state index contributed by atoms with van der Waals surface area (Å²) in [4.78, 5) is 13.5. The molecule has 0 fully saturated rings. The summed E-state index contributed by atoms with van der Waals surface area (Å²) in [6.07, 6.45) is -2.31. The summed E-state index contributed by atoms with van der Waals surface area (Å²) in [6.45, 7) is -0.862. The van der Waals surface area contributed by atoms with Gasteiger partial charge in [0.25, 0.3) is 5.91 Å². The van der Waals surface area contributed by atoms with Crippen LogP contribution in [0, 0.1) is 0 Å². The molecule has 0 radical (unpaired) electrons. The number of hydrogen-bond donors (Lipinski definition) is 1. The number of fused-ring (bicyclic) bond motifs is 1. The van der Waals surface area contributed by atoms with Crippen LogP contribution < -0.4 is 5.32 Å². The van der Waals surface area contributed by atoms with Crippen molar-refractivity contribution in [3.05, 3.63) is 83.7 Å². The zero-order valence-electron chi connectivity index (χ0n) is 14.7. The minimum atomic E-state index is -4.51. The first kappa shape index (κ1) is 18.1. The SMILES string of the molecule is O=C1c2ccccc2N[C@@H](c2cnn(Cc3ccccc3)c2)N1CC(F)(F)F. The Balaban J connectivity index is 1.65. The van der Waals surface area contributed by atoms with Crippen LogP contribution >= 0.6 is 0 Å². The molecule has 0 aliphatic carbocycles. The van der Waals surface area contributed by atoms with Gasteiger partial charge in [-0.3, -0.25) is 9.48 Å². The molecule has 8 heteroatoms. The van der Waals surface area contributed by atoms with Gasteiger partial charge >= 0.3 is 6.18 Å². The fraction of sp³-hybridized carbons (Fsp3) is 0.200. The second-order valence-corrected chi connectivity index (χ2v) is 6.60. The van der Waals surface area contributed by atoms with Gasteiger partial charge in [-0.05, 0) is 17.7 Å². The molecule has 5 nitrogen and oxygen atoms in total. The van der Waals surface area contributed by atoms with Gasteiger partial charge in [-0.15, -0.1) is 0 Å². The standard InChI is InChI=1S/C20H17F3N4O/c21-20(22,23)13-27-18(25-17-9-5-4-8-16(17)19(27)28)15-10-24-26(12-15)11-14-6-2-1-3-7-14/h1-10,12,18,25H,11,13H2/t18-/m1/s1. The van der Waals surface area contributed by atoms with Gasteiger partial charge in [-0.25, -0.2) is 0 Å². The van der Waals surface area contributed by atoms with E-state index < -0.39 is 24.8 Å². The largest absolute Gasteiger partial charge is 0.406 e. The van der Waals surface area contributed by atoms with E-state index in [2.05, 4.69) is 10.4 Å². The third-order valence-electron chi connectivity index (χ3n) is 4.53. The topological polar surface area (TPSA) is 50.2 Å². The molecule has 1 aliphatic heterocycles. The monoisotopic (exact) mass is 386 g/mol. The van der Waals surface area contributed by atoms with Crippen molar-refractivity contribution in [1.82, 2.24) is 14.7 Å². The van der Waals surface area contributed by atoms with Crippen LogP contribution in [0.5, 0.6) is 0 Å². The van der Waals surface area contributed by atoms with E-state index in [9.17, 15) is 18.0 Å². The number of rotatable bonds is 4. The zero-order chi connectivity index (χ0) is 19.7. The highest BCUT2D eigenvalue weighted by Crippen LogP contribution is 2.35. The molecule has 0 saturated carbocycles. The number of carbonyl (C=O) groups is 1. The van der Waals surface area contributed by atoms with E-state index in [0.29, 0.717) is 17.8 Å². The normalized spacial score (nSPS) is 16.6. The molecule has 3 aromatic rings. The van der Waals surface area contributed by atoms with Crippen LogP contribution in [-0.4, -0.2) is 33.3 Å². The second-order valence-electron chi connectivity index (χ2n) is 6.60. The summed E-state index contributed by atoms with van der Waals surface area (Å²) < 4.78 is 41.0. The van der Waals surface area contributed by atoms with Crippen LogP contribution in [0.15, 0.2) is 67.0 Å². The number of aromatic nitrogens is 2. The highest BCUT2D eigenvalue weighted by atomic mass is 19.4. The smallest absolute Gasteiger partial charge is 0.361 e. The Labute approximate surface area is 159 Å². The number of benzene rings is 2. The minimum absolute atomic E-state index is 0.222. The van der Waals surface area contributed by atoms with Gasteiger partial charge < -0.3 is 10.2 Å². The van der Waals surface area contributed by atoms with E-state index in [0.717, 1.165) is 10.5 Å². The van der Waals surface area contributed by atoms with Crippen LogP contribution in [0.1, 0.15) is 27.7 Å². The van der Waals surface area contributed by atoms with E-state index in [-0.39, 0.29) is 5.56 Å². The molecule has 1 N–H and O–H groups in total. The van der Waals surface area contributed by atoms with Crippen LogP contribution in [0.2, 0.25) is 0 Å². The predicted molar refractivity (Wildman–Crippen MR) is 97.7 cm³/mol. The van der Waals surface area contributed by atoms with Crippen molar-refractivity contribution < 1.29 is 18.0 Å². The molecule has 4 rings (SSSR count). The first-order valence-corrected chi connectivity index (χ1v) is 8.70. The third kappa shape index (κ3) is 3.71. The van der Waals surface area contributed by atoms with Crippen LogP contribution in [0.3, 0.4) is 0 Å². The Morgan fingerprint density at radius 2 is 1.75 bits per heavy atom. The van der Waals surface area contributed by atoms with Crippen molar-refractivity contribution in [1.29, 1.82) is 0 Å². The van der Waals surface area contributed by atoms with E-state index in [1.54, 1.807) is 29.1 Å². The molecule has 1 aromatic heterocycles. The van der Waals surface area contributed by atoms with Crippen molar-refractivity contribution in [2.75, 3.05) is 11.9 Å². The van der Waals surface area contributed by atoms with Crippen molar-refractivity contribution in [2.45, 2.75) is 18.9 Å². The highest BCUT2D eigenvalue weighted by Gasteiger charge is 2.41. The Morgan fingerprint density at radius 1 is 1.04 bits per heavy atom. The molecule has 0 saturated heterocycles. The molecular weight excluding hydrogens is 369 g/mol. The number of carbonyl (C=O) groups excluding carboxylic acids is 1. The van der Waals surface area contributed by atoms with Crippen molar-refractivity contribution in [3.8, 4) is 0 Å². The Kier molecular flexibility index (Phi) is 4.54. The molecule has 1 atom stereocenters. The summed E-state index contributed by atoms with van der Waals surface area (Å²) in [6, 6.07) is 16.2. The molecule has 2 heterocycles. The molecule has 0 unspecified atom stereocenters. The summed E-state index contributed by atoms with van der Waals surface area (Å²) in [5.41, 5.74) is 2.23. The number of hydrogen-bond acceptors (Lipinski definition) is 3. The molecule has 0 bridgehead atoms. The van der Waals surface area contributed by atoms with Gasteiger partial charge in [0.15, 0.2) is 0 Å². The maximum Gasteiger partial charge on any atom is 0.406 e. The Bertz CT molecular complexity index is 984. The first-order chi connectivity index (χ1) is 13.4. The lowest BCUT2D eigenvalue weighted by molar-refractivity contribution is -0.144. The third-order valence-corrected chi connectivity index (χ3v) is 4.53. The number of halogens is 3. The molecule has 0 spiro atoms. The zero-order valence-corrected chi connectivity index (χ0v) is 14.7. The second kappa shape index (κ2) is 7.03. The van der Waals surface area contributed by atoms with Crippen LogP contribution in [-0.2, 0) is 6.54 Å². The average Bonchev–Trinajstić information content (AvgIpc) is 3.12. The number of nitrogens with zero attached hydrogens (tertiary/aromatic N) is 3. The fourth-order valence-corrected chi connectivity index (χ4v) is 3.29. The molecule has 144 valence electrons. The number of alkyl halides is 3. The van der Waals surface area contributed by atoms with Gasteiger partial charge in [0, 0.05) is 17.4 Å². The summed E-state index contributed by atoms with van der Waals surface area (Å²) in [5.74, 6) is -0.660. The van der Waals surface area contributed by atoms with E-state index >= 15 is 0 Å². The number of anilines is 1. The fourth-order valence-electron chi connectivity index (χ4n) is 3.29. The van der Waals surface area contributed by atoms with Gasteiger partial charge in [-0.1, -0.05) is 42.5 Å².